The Bertz CT molecular complexity index is 73.4. The summed E-state index contributed by atoms with van der Waals surface area (Å²) in [7, 11) is -1.04. The lowest BCUT2D eigenvalue weighted by Gasteiger charge is -1.79. The minimum Gasteiger partial charge on any atom is -0.328 e. The van der Waals surface area contributed by atoms with Crippen molar-refractivity contribution in [2.75, 3.05) is 6.61 Å². The van der Waals surface area contributed by atoms with E-state index in [-0.39, 0.29) is 0 Å². The first-order valence-corrected chi connectivity index (χ1v) is 2.78. The molecule has 0 heterocycles. The van der Waals surface area contributed by atoms with E-state index >= 15 is 0 Å². The molecule has 0 aromatic rings. The molecule has 0 aliphatic heterocycles. The summed E-state index contributed by atoms with van der Waals surface area (Å²) in [6, 6.07) is 0. The minimum atomic E-state index is -1.04. The van der Waals surface area contributed by atoms with E-state index in [1.165, 1.54) is 0 Å². The third-order valence-electron chi connectivity index (χ3n) is 0.282. The highest BCUT2D eigenvalue weighted by Crippen LogP contribution is 1.90. The van der Waals surface area contributed by atoms with E-state index in [4.69, 9.17) is 5.26 Å². The van der Waals surface area contributed by atoms with Crippen molar-refractivity contribution in [2.24, 2.45) is 0 Å². The second-order valence-corrected chi connectivity index (χ2v) is 1.24. The zero-order valence-corrected chi connectivity index (χ0v) is 5.56. The van der Waals surface area contributed by atoms with Crippen LogP contribution in [0.1, 0.15) is 0 Å². The van der Waals surface area contributed by atoms with Gasteiger partial charge in [0.15, 0.2) is 8.69 Å². The Kier molecular flexibility index (Phi) is 21.0. The van der Waals surface area contributed by atoms with Gasteiger partial charge in [-0.15, -0.1) is 6.58 Å². The first kappa shape index (κ1) is 10.4. The van der Waals surface area contributed by atoms with Gasteiger partial charge in [0.1, 0.15) is 0 Å². The first-order chi connectivity index (χ1) is 3.91. The largest absolute Gasteiger partial charge is 0.328 e. The Morgan fingerprint density at radius 1 is 1.88 bits per heavy atom. The standard InChI is InChI=1S/C3H7O2P.CHN/c1-2-3-5-6-4;1-2/h2H,1,3,6H2;1H. The van der Waals surface area contributed by atoms with Gasteiger partial charge in [-0.05, 0) is 0 Å². The monoisotopic (exact) mass is 133 g/mol. The molecule has 0 saturated carbocycles. The van der Waals surface area contributed by atoms with Crippen LogP contribution in [0.4, 0.5) is 0 Å². The molecule has 46 valence electrons. The van der Waals surface area contributed by atoms with E-state index < -0.39 is 8.69 Å². The summed E-state index contributed by atoms with van der Waals surface area (Å²) in [4.78, 5) is 0. The van der Waals surface area contributed by atoms with Gasteiger partial charge in [-0.1, -0.05) is 6.08 Å². The molecule has 0 fully saturated rings. The predicted octanol–water partition coefficient (Wildman–Crippen LogP) is 1.00. The molecule has 0 saturated heterocycles. The highest BCUT2D eigenvalue weighted by Gasteiger charge is 1.65. The molecule has 0 rings (SSSR count). The van der Waals surface area contributed by atoms with Crippen molar-refractivity contribution in [3.8, 4) is 6.57 Å². The summed E-state index contributed by atoms with van der Waals surface area (Å²) in [5, 5.41) is 6.50. The molecular weight excluding hydrogens is 125 g/mol. The van der Waals surface area contributed by atoms with Crippen molar-refractivity contribution < 1.29 is 9.09 Å². The van der Waals surface area contributed by atoms with E-state index in [1.54, 1.807) is 6.08 Å². The molecule has 0 aromatic carbocycles. The van der Waals surface area contributed by atoms with Crippen molar-refractivity contribution in [1.82, 2.24) is 0 Å². The molecule has 3 nitrogen and oxygen atoms in total. The zero-order chi connectivity index (χ0) is 6.83. The van der Waals surface area contributed by atoms with Crippen molar-refractivity contribution in [1.29, 1.82) is 5.26 Å². The average Bonchev–Trinajstić information content (AvgIpc) is 1.88. The van der Waals surface area contributed by atoms with E-state index in [0.29, 0.717) is 6.61 Å². The lowest BCUT2D eigenvalue weighted by atomic mass is 10.7. The van der Waals surface area contributed by atoms with Crippen LogP contribution in [-0.2, 0) is 9.09 Å². The van der Waals surface area contributed by atoms with Gasteiger partial charge in [0, 0.05) is 6.57 Å². The number of rotatable bonds is 3. The lowest BCUT2D eigenvalue weighted by molar-refractivity contribution is 0.387. The van der Waals surface area contributed by atoms with Crippen molar-refractivity contribution in [3.05, 3.63) is 12.7 Å². The fourth-order valence-corrected chi connectivity index (χ4v) is 0.322. The summed E-state index contributed by atoms with van der Waals surface area (Å²) in [5.74, 6) is 0. The topological polar surface area (TPSA) is 50.1 Å². The summed E-state index contributed by atoms with van der Waals surface area (Å²) in [5.41, 5.74) is 0. The van der Waals surface area contributed by atoms with Gasteiger partial charge < -0.3 is 4.52 Å². The smallest absolute Gasteiger partial charge is 0.180 e. The van der Waals surface area contributed by atoms with E-state index in [9.17, 15) is 4.57 Å². The van der Waals surface area contributed by atoms with Crippen LogP contribution < -0.4 is 0 Å². The SMILES string of the molecule is C#N.C=CCO[PH2]=O. The third kappa shape index (κ3) is 18.1. The summed E-state index contributed by atoms with van der Waals surface area (Å²) in [6.07, 6.45) is 1.56. The summed E-state index contributed by atoms with van der Waals surface area (Å²) >= 11 is 0. The van der Waals surface area contributed by atoms with Crippen LogP contribution in [0.15, 0.2) is 12.7 Å². The third-order valence-corrected chi connectivity index (χ3v) is 0.611. The van der Waals surface area contributed by atoms with E-state index in [2.05, 4.69) is 17.7 Å². The molecular formula is C4H8NO2P. The maximum absolute atomic E-state index is 9.50. The molecule has 0 aliphatic carbocycles. The normalized spacial score (nSPS) is 7.75. The lowest BCUT2D eigenvalue weighted by Crippen LogP contribution is -1.69. The molecule has 0 spiro atoms. The van der Waals surface area contributed by atoms with E-state index in [1.807, 2.05) is 0 Å². The Morgan fingerprint density at radius 3 is 2.50 bits per heavy atom. The van der Waals surface area contributed by atoms with Gasteiger partial charge in [-0.25, -0.2) is 5.26 Å². The number of nitrogens with zero attached hydrogens (tertiary/aromatic N) is 1. The van der Waals surface area contributed by atoms with Gasteiger partial charge in [-0.2, -0.15) is 0 Å². The fourth-order valence-electron chi connectivity index (χ4n) is 0.107. The molecule has 0 bridgehead atoms. The Balaban J connectivity index is 0. The molecule has 4 heteroatoms. The Labute approximate surface area is 49.9 Å². The highest BCUT2D eigenvalue weighted by atomic mass is 31.1. The van der Waals surface area contributed by atoms with Gasteiger partial charge in [0.25, 0.3) is 0 Å². The Hall–Kier alpha value is -0.580. The van der Waals surface area contributed by atoms with Crippen LogP contribution in [0, 0.1) is 11.8 Å². The van der Waals surface area contributed by atoms with Crippen molar-refractivity contribution in [2.45, 2.75) is 0 Å². The molecule has 0 aliphatic rings. The maximum atomic E-state index is 9.50. The molecule has 8 heavy (non-hydrogen) atoms. The first-order valence-electron chi connectivity index (χ1n) is 1.83. The highest BCUT2D eigenvalue weighted by molar-refractivity contribution is 7.17. The van der Waals surface area contributed by atoms with Crippen LogP contribution in [0.5, 0.6) is 0 Å². The fraction of sp³-hybridized carbons (Fsp3) is 0.250. The summed E-state index contributed by atoms with van der Waals surface area (Å²) in [6.45, 7) is 7.25. The quantitative estimate of drug-likeness (QED) is 0.328. The van der Waals surface area contributed by atoms with Crippen LogP contribution in [0.25, 0.3) is 0 Å². The van der Waals surface area contributed by atoms with Crippen LogP contribution >= 0.6 is 8.69 Å². The zero-order valence-electron chi connectivity index (χ0n) is 4.41. The second-order valence-electron chi connectivity index (χ2n) is 0.718. The number of nitriles is 1. The number of hydrogen-bond acceptors (Lipinski definition) is 3. The van der Waals surface area contributed by atoms with Gasteiger partial charge in [0.2, 0.25) is 0 Å². The predicted molar refractivity (Wildman–Crippen MR) is 33.2 cm³/mol. The molecule has 0 radical (unpaired) electrons. The molecule has 0 amide bonds. The average molecular weight is 133 g/mol. The van der Waals surface area contributed by atoms with Gasteiger partial charge in [-0.3, -0.25) is 4.57 Å². The van der Waals surface area contributed by atoms with Gasteiger partial charge >= 0.3 is 0 Å². The van der Waals surface area contributed by atoms with Crippen LogP contribution in [0.2, 0.25) is 0 Å². The molecule has 1 atom stereocenters. The molecule has 0 N–H and O–H groups in total. The van der Waals surface area contributed by atoms with Crippen molar-refractivity contribution in [3.63, 3.8) is 0 Å². The van der Waals surface area contributed by atoms with Crippen LogP contribution in [0.3, 0.4) is 0 Å². The van der Waals surface area contributed by atoms with E-state index in [0.717, 1.165) is 0 Å². The number of hydrogen-bond donors (Lipinski definition) is 0. The molecule has 1 unspecified atom stereocenters. The molecule has 0 aromatic heterocycles. The maximum Gasteiger partial charge on any atom is 0.180 e. The van der Waals surface area contributed by atoms with Gasteiger partial charge in [0.05, 0.1) is 6.61 Å². The minimum absolute atomic E-state index is 0.402. The van der Waals surface area contributed by atoms with Crippen LogP contribution in [-0.4, -0.2) is 6.61 Å². The Morgan fingerprint density at radius 2 is 2.38 bits per heavy atom. The van der Waals surface area contributed by atoms with Crippen molar-refractivity contribution >= 4 is 8.69 Å². The second kappa shape index (κ2) is 16.1. The summed E-state index contributed by atoms with van der Waals surface area (Å²) < 4.78 is 13.9.